The molecule has 3 aliphatic rings. The number of hydrogen-bond acceptors (Lipinski definition) is 2. The predicted octanol–water partition coefficient (Wildman–Crippen LogP) is 3.65. The Balaban J connectivity index is 1.77. The highest BCUT2D eigenvalue weighted by molar-refractivity contribution is 5.43. The summed E-state index contributed by atoms with van der Waals surface area (Å²) in [4.78, 5) is 0. The van der Waals surface area contributed by atoms with Crippen LogP contribution in [-0.4, -0.2) is 12.2 Å². The highest BCUT2D eigenvalue weighted by Crippen LogP contribution is 2.65. The molecule has 0 aromatic heterocycles. The molecule has 5 unspecified atom stereocenters. The summed E-state index contributed by atoms with van der Waals surface area (Å²) in [6.45, 7) is 2.10. The van der Waals surface area contributed by atoms with Crippen molar-refractivity contribution in [2.45, 2.75) is 44.6 Å². The fourth-order valence-electron chi connectivity index (χ4n) is 5.58. The summed E-state index contributed by atoms with van der Waals surface area (Å²) in [6, 6.07) is 6.22. The van der Waals surface area contributed by atoms with Crippen LogP contribution in [0.4, 0.5) is 0 Å². The molecule has 1 aromatic rings. The molecular weight excluding hydrogens is 248 g/mol. The van der Waals surface area contributed by atoms with Crippen LogP contribution in [0.1, 0.15) is 43.2 Å². The minimum Gasteiger partial charge on any atom is -0.496 e. The van der Waals surface area contributed by atoms with Gasteiger partial charge in [-0.3, -0.25) is 0 Å². The minimum absolute atomic E-state index is 0.454. The van der Waals surface area contributed by atoms with E-state index in [9.17, 15) is 5.11 Å². The van der Waals surface area contributed by atoms with Crippen LogP contribution in [0.15, 0.2) is 18.2 Å². The van der Waals surface area contributed by atoms with Gasteiger partial charge < -0.3 is 9.84 Å². The molecule has 2 heteroatoms. The Kier molecular flexibility index (Phi) is 2.69. The minimum atomic E-state index is -0.645. The van der Waals surface area contributed by atoms with Gasteiger partial charge in [-0.25, -0.2) is 0 Å². The van der Waals surface area contributed by atoms with Crippen molar-refractivity contribution in [2.24, 2.45) is 23.7 Å². The molecular formula is C18H24O2. The summed E-state index contributed by atoms with van der Waals surface area (Å²) in [6.07, 6.45) is 6.25. The summed E-state index contributed by atoms with van der Waals surface area (Å²) < 4.78 is 5.54. The molecule has 4 rings (SSSR count). The first-order valence-corrected chi connectivity index (χ1v) is 8.01. The van der Waals surface area contributed by atoms with E-state index < -0.39 is 5.60 Å². The first kappa shape index (κ1) is 12.7. The van der Waals surface area contributed by atoms with Crippen LogP contribution < -0.4 is 4.74 Å². The molecule has 20 heavy (non-hydrogen) atoms. The lowest BCUT2D eigenvalue weighted by atomic mass is 9.69. The van der Waals surface area contributed by atoms with E-state index in [1.807, 2.05) is 6.07 Å². The summed E-state index contributed by atoms with van der Waals surface area (Å²) in [5.74, 6) is 3.71. The highest BCUT2D eigenvalue weighted by Gasteiger charge is 2.61. The smallest absolute Gasteiger partial charge is 0.124 e. The quantitative estimate of drug-likeness (QED) is 0.890. The van der Waals surface area contributed by atoms with Gasteiger partial charge in [0.1, 0.15) is 5.75 Å². The van der Waals surface area contributed by atoms with E-state index >= 15 is 0 Å². The lowest BCUT2D eigenvalue weighted by molar-refractivity contribution is -0.0527. The monoisotopic (exact) mass is 272 g/mol. The van der Waals surface area contributed by atoms with Crippen molar-refractivity contribution in [3.63, 3.8) is 0 Å². The van der Waals surface area contributed by atoms with Crippen LogP contribution >= 0.6 is 0 Å². The van der Waals surface area contributed by atoms with Gasteiger partial charge in [0, 0.05) is 5.56 Å². The van der Waals surface area contributed by atoms with Crippen molar-refractivity contribution in [1.82, 2.24) is 0 Å². The molecule has 2 nitrogen and oxygen atoms in total. The van der Waals surface area contributed by atoms with Crippen molar-refractivity contribution >= 4 is 0 Å². The van der Waals surface area contributed by atoms with E-state index in [-0.39, 0.29) is 0 Å². The van der Waals surface area contributed by atoms with Gasteiger partial charge >= 0.3 is 0 Å². The van der Waals surface area contributed by atoms with E-state index in [1.165, 1.54) is 31.2 Å². The zero-order valence-electron chi connectivity index (χ0n) is 12.4. The largest absolute Gasteiger partial charge is 0.496 e. The molecule has 0 aliphatic heterocycles. The van der Waals surface area contributed by atoms with Crippen molar-refractivity contribution < 1.29 is 9.84 Å². The van der Waals surface area contributed by atoms with Crippen LogP contribution in [0.25, 0.3) is 0 Å². The maximum Gasteiger partial charge on any atom is 0.124 e. The standard InChI is InChI=1S/C18H24O2/c1-11-6-7-17(20-2)16(8-11)18(19)10-12-9-15(18)14-5-3-4-13(12)14/h6-8,12-15,19H,3-5,9-10H2,1-2H3. The van der Waals surface area contributed by atoms with Gasteiger partial charge in [-0.2, -0.15) is 0 Å². The number of aliphatic hydroxyl groups is 1. The third kappa shape index (κ3) is 1.54. The Hall–Kier alpha value is -1.02. The first-order valence-electron chi connectivity index (χ1n) is 8.01. The van der Waals surface area contributed by atoms with E-state index in [4.69, 9.17) is 4.74 Å². The molecule has 0 saturated heterocycles. The zero-order valence-corrected chi connectivity index (χ0v) is 12.4. The summed E-state index contributed by atoms with van der Waals surface area (Å²) in [5, 5.41) is 11.5. The van der Waals surface area contributed by atoms with Crippen molar-refractivity contribution in [3.05, 3.63) is 29.3 Å². The number of hydrogen-bond donors (Lipinski definition) is 1. The van der Waals surface area contributed by atoms with Gasteiger partial charge in [0.25, 0.3) is 0 Å². The summed E-state index contributed by atoms with van der Waals surface area (Å²) in [7, 11) is 1.71. The topological polar surface area (TPSA) is 29.5 Å². The molecule has 5 atom stereocenters. The van der Waals surface area contributed by atoms with Gasteiger partial charge in [-0.05, 0) is 68.4 Å². The molecule has 0 spiro atoms. The van der Waals surface area contributed by atoms with Crippen molar-refractivity contribution in [2.75, 3.05) is 7.11 Å². The summed E-state index contributed by atoms with van der Waals surface area (Å²) in [5.41, 5.74) is 1.60. The molecule has 0 radical (unpaired) electrons. The van der Waals surface area contributed by atoms with E-state index in [1.54, 1.807) is 7.11 Å². The predicted molar refractivity (Wildman–Crippen MR) is 78.7 cm³/mol. The van der Waals surface area contributed by atoms with Crippen LogP contribution in [0.5, 0.6) is 5.75 Å². The fraction of sp³-hybridized carbons (Fsp3) is 0.667. The second kappa shape index (κ2) is 4.24. The first-order chi connectivity index (χ1) is 9.63. The van der Waals surface area contributed by atoms with Crippen molar-refractivity contribution in [1.29, 1.82) is 0 Å². The highest BCUT2D eigenvalue weighted by atomic mass is 16.5. The lowest BCUT2D eigenvalue weighted by Crippen LogP contribution is -2.39. The molecule has 0 heterocycles. The Morgan fingerprint density at radius 3 is 2.85 bits per heavy atom. The van der Waals surface area contributed by atoms with Crippen LogP contribution in [0, 0.1) is 30.6 Å². The maximum atomic E-state index is 11.5. The van der Waals surface area contributed by atoms with E-state index in [0.29, 0.717) is 5.92 Å². The second-order valence-corrected chi connectivity index (χ2v) is 7.19. The number of fused-ring (bicyclic) bond motifs is 5. The molecule has 0 amide bonds. The third-order valence-corrected chi connectivity index (χ3v) is 6.31. The van der Waals surface area contributed by atoms with E-state index in [2.05, 4.69) is 19.1 Å². The second-order valence-electron chi connectivity index (χ2n) is 7.19. The lowest BCUT2D eigenvalue weighted by Gasteiger charge is -2.40. The van der Waals surface area contributed by atoms with Gasteiger partial charge in [0.05, 0.1) is 12.7 Å². The number of rotatable bonds is 2. The molecule has 1 N–H and O–H groups in total. The third-order valence-electron chi connectivity index (χ3n) is 6.31. The Morgan fingerprint density at radius 2 is 2.05 bits per heavy atom. The molecule has 3 fully saturated rings. The van der Waals surface area contributed by atoms with Gasteiger partial charge in [0.15, 0.2) is 0 Å². The molecule has 3 saturated carbocycles. The summed E-state index contributed by atoms with van der Waals surface area (Å²) >= 11 is 0. The Morgan fingerprint density at radius 1 is 1.25 bits per heavy atom. The van der Waals surface area contributed by atoms with Crippen LogP contribution in [-0.2, 0) is 5.60 Å². The Labute approximate surface area is 121 Å². The molecule has 108 valence electrons. The van der Waals surface area contributed by atoms with Crippen molar-refractivity contribution in [3.8, 4) is 5.75 Å². The van der Waals surface area contributed by atoms with Crippen LogP contribution in [0.3, 0.4) is 0 Å². The van der Waals surface area contributed by atoms with Gasteiger partial charge in [0.2, 0.25) is 0 Å². The van der Waals surface area contributed by atoms with E-state index in [0.717, 1.165) is 35.5 Å². The normalized spacial score (nSPS) is 42.0. The molecule has 3 aliphatic carbocycles. The number of benzene rings is 1. The molecule has 2 bridgehead atoms. The number of ether oxygens (including phenoxy) is 1. The van der Waals surface area contributed by atoms with Crippen LogP contribution in [0.2, 0.25) is 0 Å². The average molecular weight is 272 g/mol. The SMILES string of the molecule is COc1ccc(C)cc1C1(O)CC2CC1C1CCCC21. The molecule has 1 aromatic carbocycles. The average Bonchev–Trinajstić information content (AvgIpc) is 3.09. The van der Waals surface area contributed by atoms with Gasteiger partial charge in [-0.15, -0.1) is 0 Å². The maximum absolute atomic E-state index is 11.5. The Bertz CT molecular complexity index is 538. The number of aryl methyl sites for hydroxylation is 1. The fourth-order valence-corrected chi connectivity index (χ4v) is 5.58. The van der Waals surface area contributed by atoms with Gasteiger partial charge in [-0.1, -0.05) is 18.1 Å². The zero-order chi connectivity index (χ0) is 13.9. The number of methoxy groups -OCH3 is 1.